The molecule has 11 rings (SSSR count). The van der Waals surface area contributed by atoms with E-state index in [1.54, 1.807) is 0 Å². The van der Waals surface area contributed by atoms with Gasteiger partial charge in [-0.2, -0.15) is 0 Å². The topological polar surface area (TPSA) is 3.24 Å². The molecule has 9 aromatic carbocycles. The molecular weight excluding hydrogens is 711 g/mol. The van der Waals surface area contributed by atoms with Crippen molar-refractivity contribution in [3.05, 3.63) is 222 Å². The molecule has 0 atom stereocenters. The van der Waals surface area contributed by atoms with E-state index in [2.05, 4.69) is 233 Å². The fourth-order valence-electron chi connectivity index (χ4n) is 10.4. The Labute approximate surface area is 347 Å². The molecular formula is C58H45N. The predicted octanol–water partition coefficient (Wildman–Crippen LogP) is 15.9. The highest BCUT2D eigenvalue weighted by atomic mass is 15.1. The summed E-state index contributed by atoms with van der Waals surface area (Å²) in [6, 6.07) is 74.2. The first kappa shape index (κ1) is 35.2. The van der Waals surface area contributed by atoms with Gasteiger partial charge in [0, 0.05) is 27.9 Å². The van der Waals surface area contributed by atoms with Crippen molar-refractivity contribution in [2.24, 2.45) is 0 Å². The Morgan fingerprint density at radius 1 is 0.305 bits per heavy atom. The number of hydrogen-bond donors (Lipinski definition) is 0. The van der Waals surface area contributed by atoms with Crippen LogP contribution in [0, 0.1) is 0 Å². The fourth-order valence-corrected chi connectivity index (χ4v) is 10.4. The smallest absolute Gasteiger partial charge is 0.0467 e. The Morgan fingerprint density at radius 3 is 1.59 bits per heavy atom. The lowest BCUT2D eigenvalue weighted by atomic mass is 9.78. The van der Waals surface area contributed by atoms with E-state index in [1.807, 2.05) is 0 Å². The SMILES string of the molecule is CC1(C)c2ccccc2-c2ccc(N(c3ccc(-c4ccccc4-c4cccc5c4C(C)(C)c4ccccc4-5)cc3)c3cccc(-c4cccc5ccccc45)c3)cc21. The molecule has 282 valence electrons. The minimum atomic E-state index is -0.112. The molecule has 1 heteroatoms. The van der Waals surface area contributed by atoms with E-state index >= 15 is 0 Å². The monoisotopic (exact) mass is 755 g/mol. The van der Waals surface area contributed by atoms with Crippen LogP contribution in [0.1, 0.15) is 49.9 Å². The Balaban J connectivity index is 1.04. The summed E-state index contributed by atoms with van der Waals surface area (Å²) in [4.78, 5) is 2.44. The van der Waals surface area contributed by atoms with Crippen LogP contribution in [0.25, 0.3) is 66.4 Å². The van der Waals surface area contributed by atoms with Crippen LogP contribution in [0.5, 0.6) is 0 Å². The second kappa shape index (κ2) is 13.3. The fraction of sp³-hybridized carbons (Fsp3) is 0.103. The van der Waals surface area contributed by atoms with E-state index in [1.165, 1.54) is 88.7 Å². The van der Waals surface area contributed by atoms with Gasteiger partial charge in [0.1, 0.15) is 0 Å². The molecule has 0 N–H and O–H groups in total. The van der Waals surface area contributed by atoms with E-state index in [0.29, 0.717) is 0 Å². The summed E-state index contributed by atoms with van der Waals surface area (Å²) in [6.07, 6.45) is 0. The van der Waals surface area contributed by atoms with Gasteiger partial charge in [0.25, 0.3) is 0 Å². The van der Waals surface area contributed by atoms with Gasteiger partial charge in [0.05, 0.1) is 0 Å². The number of benzene rings is 9. The van der Waals surface area contributed by atoms with Crippen molar-refractivity contribution in [3.63, 3.8) is 0 Å². The minimum Gasteiger partial charge on any atom is -0.310 e. The lowest BCUT2D eigenvalue weighted by Crippen LogP contribution is -2.16. The largest absolute Gasteiger partial charge is 0.310 e. The van der Waals surface area contributed by atoms with E-state index in [4.69, 9.17) is 0 Å². The number of fused-ring (bicyclic) bond motifs is 7. The summed E-state index contributed by atoms with van der Waals surface area (Å²) >= 11 is 0. The Kier molecular flexibility index (Phi) is 7.94. The normalized spacial score (nSPS) is 14.0. The first-order valence-electron chi connectivity index (χ1n) is 20.8. The summed E-state index contributed by atoms with van der Waals surface area (Å²) < 4.78 is 0. The van der Waals surface area contributed by atoms with Crippen LogP contribution < -0.4 is 4.90 Å². The highest BCUT2D eigenvalue weighted by Gasteiger charge is 2.38. The van der Waals surface area contributed by atoms with Gasteiger partial charge in [-0.15, -0.1) is 0 Å². The van der Waals surface area contributed by atoms with Crippen molar-refractivity contribution in [1.82, 2.24) is 0 Å². The van der Waals surface area contributed by atoms with Crippen molar-refractivity contribution >= 4 is 27.8 Å². The van der Waals surface area contributed by atoms with Crippen LogP contribution in [0.4, 0.5) is 17.1 Å². The van der Waals surface area contributed by atoms with Gasteiger partial charge in [-0.05, 0) is 125 Å². The molecule has 0 amide bonds. The summed E-state index contributed by atoms with van der Waals surface area (Å²) in [6.45, 7) is 9.48. The second-order valence-electron chi connectivity index (χ2n) is 17.3. The molecule has 2 aliphatic rings. The van der Waals surface area contributed by atoms with Crippen LogP contribution in [-0.2, 0) is 10.8 Å². The number of hydrogen-bond acceptors (Lipinski definition) is 1. The van der Waals surface area contributed by atoms with E-state index in [9.17, 15) is 0 Å². The lowest BCUT2D eigenvalue weighted by molar-refractivity contribution is 0.660. The van der Waals surface area contributed by atoms with Crippen LogP contribution in [0.2, 0.25) is 0 Å². The molecule has 59 heavy (non-hydrogen) atoms. The van der Waals surface area contributed by atoms with Crippen LogP contribution in [-0.4, -0.2) is 0 Å². The molecule has 0 heterocycles. The third kappa shape index (κ3) is 5.45. The molecule has 0 radical (unpaired) electrons. The van der Waals surface area contributed by atoms with Crippen molar-refractivity contribution in [1.29, 1.82) is 0 Å². The van der Waals surface area contributed by atoms with Crippen molar-refractivity contribution in [2.75, 3.05) is 4.90 Å². The van der Waals surface area contributed by atoms with Crippen LogP contribution >= 0.6 is 0 Å². The maximum absolute atomic E-state index is 2.44. The van der Waals surface area contributed by atoms with Gasteiger partial charge >= 0.3 is 0 Å². The van der Waals surface area contributed by atoms with Gasteiger partial charge in [0.2, 0.25) is 0 Å². The summed E-state index contributed by atoms with van der Waals surface area (Å²) in [5.41, 5.74) is 21.5. The molecule has 0 spiro atoms. The summed E-state index contributed by atoms with van der Waals surface area (Å²) in [5.74, 6) is 0. The molecule has 0 fully saturated rings. The molecule has 9 aromatic rings. The third-order valence-corrected chi connectivity index (χ3v) is 13.3. The van der Waals surface area contributed by atoms with E-state index < -0.39 is 0 Å². The average molecular weight is 756 g/mol. The first-order valence-corrected chi connectivity index (χ1v) is 20.8. The number of nitrogens with zero attached hydrogens (tertiary/aromatic N) is 1. The molecule has 0 saturated carbocycles. The maximum Gasteiger partial charge on any atom is 0.0467 e. The number of rotatable bonds is 6. The maximum atomic E-state index is 2.44. The molecule has 0 bridgehead atoms. The molecule has 2 aliphatic carbocycles. The van der Waals surface area contributed by atoms with Crippen molar-refractivity contribution < 1.29 is 0 Å². The van der Waals surface area contributed by atoms with Gasteiger partial charge in [0.15, 0.2) is 0 Å². The molecule has 0 aliphatic heterocycles. The lowest BCUT2D eigenvalue weighted by Gasteiger charge is -2.29. The van der Waals surface area contributed by atoms with Gasteiger partial charge in [-0.25, -0.2) is 0 Å². The minimum absolute atomic E-state index is 0.105. The van der Waals surface area contributed by atoms with Crippen LogP contribution in [0.15, 0.2) is 200 Å². The highest BCUT2D eigenvalue weighted by Crippen LogP contribution is 2.54. The Hall–Kier alpha value is -6.96. The van der Waals surface area contributed by atoms with Crippen molar-refractivity contribution in [2.45, 2.75) is 38.5 Å². The third-order valence-electron chi connectivity index (χ3n) is 13.3. The quantitative estimate of drug-likeness (QED) is 0.163. The molecule has 1 nitrogen and oxygen atoms in total. The van der Waals surface area contributed by atoms with Gasteiger partial charge in [-0.3, -0.25) is 0 Å². The zero-order chi connectivity index (χ0) is 39.9. The summed E-state index contributed by atoms with van der Waals surface area (Å²) in [7, 11) is 0. The van der Waals surface area contributed by atoms with Crippen LogP contribution in [0.3, 0.4) is 0 Å². The van der Waals surface area contributed by atoms with E-state index in [-0.39, 0.29) is 10.8 Å². The van der Waals surface area contributed by atoms with Gasteiger partial charge < -0.3 is 4.90 Å². The van der Waals surface area contributed by atoms with Gasteiger partial charge in [-0.1, -0.05) is 191 Å². The molecule has 0 aromatic heterocycles. The first-order chi connectivity index (χ1) is 28.8. The highest BCUT2D eigenvalue weighted by molar-refractivity contribution is 5.98. The number of anilines is 3. The zero-order valence-corrected chi connectivity index (χ0v) is 34.0. The standard InChI is InChI=1S/C58H45N/c1-57(2)53-28-11-9-23-48(53)50-35-34-43(37-55(50)57)59(42-19-13-18-40(36-42)46-25-14-17-38-16-5-6-20-44(38)46)41-32-30-39(31-33-41)45-21-7-8-22-47(45)51-26-15-27-52-49-24-10-12-29-54(49)58(3,4)56(51)52/h5-37H,1-4H3. The Bertz CT molecular complexity index is 3100. The average Bonchev–Trinajstić information content (AvgIpc) is 3.66. The second-order valence-corrected chi connectivity index (χ2v) is 17.3. The molecule has 0 saturated heterocycles. The zero-order valence-electron chi connectivity index (χ0n) is 34.0. The molecule has 0 unspecified atom stereocenters. The summed E-state index contributed by atoms with van der Waals surface area (Å²) in [5, 5.41) is 2.51. The van der Waals surface area contributed by atoms with E-state index in [0.717, 1.165) is 17.1 Å². The Morgan fingerprint density at radius 2 is 0.814 bits per heavy atom. The predicted molar refractivity (Wildman–Crippen MR) is 250 cm³/mol. The van der Waals surface area contributed by atoms with Crippen molar-refractivity contribution in [3.8, 4) is 55.6 Å².